The lowest BCUT2D eigenvalue weighted by molar-refractivity contribution is -0.0249. The highest BCUT2D eigenvalue weighted by Gasteiger charge is 2.64. The molecule has 0 radical (unpaired) electrons. The van der Waals surface area contributed by atoms with Crippen molar-refractivity contribution in [1.82, 2.24) is 4.90 Å². The predicted octanol–water partition coefficient (Wildman–Crippen LogP) is 2.87. The molecule has 2 saturated carbocycles. The Morgan fingerprint density at radius 2 is 1.94 bits per heavy atom. The molecule has 106 valence electrons. The highest BCUT2D eigenvalue weighted by Crippen LogP contribution is 2.67. The first kappa shape index (κ1) is 15.0. The van der Waals surface area contributed by atoms with Gasteiger partial charge >= 0.3 is 0 Å². The highest BCUT2D eigenvalue weighted by molar-refractivity contribution is 7.80. The predicted molar refractivity (Wildman–Crippen MR) is 80.8 cm³/mol. The van der Waals surface area contributed by atoms with Crippen LogP contribution in [0.1, 0.15) is 33.1 Å². The summed E-state index contributed by atoms with van der Waals surface area (Å²) < 4.78 is 5.50. The second kappa shape index (κ2) is 5.16. The van der Waals surface area contributed by atoms with Crippen LogP contribution in [0.2, 0.25) is 0 Å². The van der Waals surface area contributed by atoms with Gasteiger partial charge in [0.1, 0.15) is 0 Å². The summed E-state index contributed by atoms with van der Waals surface area (Å²) in [5.41, 5.74) is 0.940. The first-order valence-corrected chi connectivity index (χ1v) is 7.68. The molecule has 0 aromatic heterocycles. The number of hydrogen-bond donors (Lipinski definition) is 1. The fourth-order valence-corrected chi connectivity index (χ4v) is 5.58. The van der Waals surface area contributed by atoms with Crippen LogP contribution in [0.5, 0.6) is 0 Å². The van der Waals surface area contributed by atoms with E-state index in [0.717, 1.165) is 44.0 Å². The van der Waals surface area contributed by atoms with E-state index < -0.39 is 0 Å². The van der Waals surface area contributed by atoms with Crippen LogP contribution in [0, 0.1) is 16.7 Å². The van der Waals surface area contributed by atoms with Gasteiger partial charge in [-0.05, 0) is 36.3 Å². The van der Waals surface area contributed by atoms with Gasteiger partial charge < -0.3 is 4.74 Å². The molecule has 3 atom stereocenters. The van der Waals surface area contributed by atoms with E-state index in [1.807, 2.05) is 0 Å². The number of hydrogen-bond acceptors (Lipinski definition) is 3. The van der Waals surface area contributed by atoms with Crippen molar-refractivity contribution in [3.63, 3.8) is 0 Å². The molecule has 1 heterocycles. The Bertz CT molecular complexity index is 306. The van der Waals surface area contributed by atoms with Gasteiger partial charge in [0.25, 0.3) is 0 Å². The summed E-state index contributed by atoms with van der Waals surface area (Å²) in [5.74, 6) is 1.97. The molecule has 0 N–H and O–H groups in total. The lowest BCUT2D eigenvalue weighted by atomic mass is 9.68. The molecule has 2 aliphatic carbocycles. The van der Waals surface area contributed by atoms with Crippen LogP contribution in [0.15, 0.2) is 0 Å². The molecule has 3 rings (SSSR count). The van der Waals surface area contributed by atoms with Gasteiger partial charge in [-0.2, -0.15) is 12.6 Å². The standard InChI is InChI=1S/C14H25NOS.ClH/c1-13(2)11-3-4-14(13,10-17)12(9-11)15-5-7-16-8-6-15;/h11-12,17H,3-10H2,1-2H3;1H. The van der Waals surface area contributed by atoms with E-state index in [1.165, 1.54) is 19.3 Å². The third-order valence-electron chi connectivity index (χ3n) is 6.16. The average Bonchev–Trinajstić information content (AvgIpc) is 2.74. The van der Waals surface area contributed by atoms with Crippen LogP contribution in [0.4, 0.5) is 0 Å². The minimum absolute atomic E-state index is 0. The van der Waals surface area contributed by atoms with Gasteiger partial charge in [-0.25, -0.2) is 0 Å². The van der Waals surface area contributed by atoms with Gasteiger partial charge in [-0.15, -0.1) is 12.4 Å². The molecule has 3 aliphatic rings. The normalized spacial score (nSPS) is 42.8. The molecule has 0 aromatic carbocycles. The van der Waals surface area contributed by atoms with Crippen molar-refractivity contribution in [2.45, 2.75) is 39.2 Å². The average molecular weight is 292 g/mol. The van der Waals surface area contributed by atoms with Crippen molar-refractivity contribution in [2.24, 2.45) is 16.7 Å². The zero-order valence-corrected chi connectivity index (χ0v) is 13.2. The summed E-state index contributed by atoms with van der Waals surface area (Å²) in [4.78, 5) is 2.70. The summed E-state index contributed by atoms with van der Waals surface area (Å²) in [6, 6.07) is 0.762. The summed E-state index contributed by atoms with van der Waals surface area (Å²) in [7, 11) is 0. The monoisotopic (exact) mass is 291 g/mol. The van der Waals surface area contributed by atoms with Gasteiger partial charge in [0.15, 0.2) is 0 Å². The van der Waals surface area contributed by atoms with E-state index in [1.54, 1.807) is 0 Å². The van der Waals surface area contributed by atoms with Crippen LogP contribution in [0.3, 0.4) is 0 Å². The molecule has 4 heteroatoms. The molecule has 2 nitrogen and oxygen atoms in total. The number of fused-ring (bicyclic) bond motifs is 2. The Kier molecular flexibility index (Phi) is 4.29. The molecule has 18 heavy (non-hydrogen) atoms. The number of nitrogens with zero attached hydrogens (tertiary/aromatic N) is 1. The quantitative estimate of drug-likeness (QED) is 0.786. The van der Waals surface area contributed by atoms with Crippen LogP contribution >= 0.6 is 25.0 Å². The minimum atomic E-state index is 0. The molecule has 2 bridgehead atoms. The van der Waals surface area contributed by atoms with Crippen molar-refractivity contribution >= 4 is 25.0 Å². The first-order valence-electron chi connectivity index (χ1n) is 7.04. The van der Waals surface area contributed by atoms with Crippen molar-refractivity contribution in [3.05, 3.63) is 0 Å². The second-order valence-corrected chi connectivity index (χ2v) is 6.99. The number of halogens is 1. The van der Waals surface area contributed by atoms with E-state index in [2.05, 4.69) is 18.7 Å². The van der Waals surface area contributed by atoms with Gasteiger partial charge in [0, 0.05) is 24.5 Å². The Morgan fingerprint density at radius 3 is 2.50 bits per heavy atom. The van der Waals surface area contributed by atoms with E-state index in [4.69, 9.17) is 17.4 Å². The second-order valence-electron chi connectivity index (χ2n) is 6.67. The number of morpholine rings is 1. The van der Waals surface area contributed by atoms with Gasteiger partial charge in [-0.3, -0.25) is 4.90 Å². The van der Waals surface area contributed by atoms with Gasteiger partial charge in [-0.1, -0.05) is 13.8 Å². The maximum absolute atomic E-state index is 5.50. The summed E-state index contributed by atoms with van der Waals surface area (Å²) >= 11 is 4.74. The fraction of sp³-hybridized carbons (Fsp3) is 1.00. The van der Waals surface area contributed by atoms with Crippen molar-refractivity contribution < 1.29 is 4.74 Å². The lowest BCUT2D eigenvalue weighted by Crippen LogP contribution is -2.53. The maximum atomic E-state index is 5.50. The fourth-order valence-electron chi connectivity index (χ4n) is 4.80. The molecule has 1 aliphatic heterocycles. The Hall–Kier alpha value is 0.560. The summed E-state index contributed by atoms with van der Waals surface area (Å²) in [5, 5.41) is 0. The molecule has 1 saturated heterocycles. The van der Waals surface area contributed by atoms with E-state index in [0.29, 0.717) is 10.8 Å². The first-order chi connectivity index (χ1) is 8.12. The van der Waals surface area contributed by atoms with Crippen LogP contribution in [0.25, 0.3) is 0 Å². The zero-order chi connectivity index (χ0) is 12.1. The zero-order valence-electron chi connectivity index (χ0n) is 11.5. The third kappa shape index (κ3) is 1.85. The minimum Gasteiger partial charge on any atom is -0.379 e. The molecule has 0 amide bonds. The van der Waals surface area contributed by atoms with Gasteiger partial charge in [0.05, 0.1) is 13.2 Å². The molecular weight excluding hydrogens is 266 g/mol. The van der Waals surface area contributed by atoms with E-state index >= 15 is 0 Å². The Morgan fingerprint density at radius 1 is 1.28 bits per heavy atom. The van der Waals surface area contributed by atoms with Crippen molar-refractivity contribution in [2.75, 3.05) is 32.1 Å². The molecule has 3 unspecified atom stereocenters. The van der Waals surface area contributed by atoms with Crippen LogP contribution < -0.4 is 0 Å². The molecule has 0 aromatic rings. The smallest absolute Gasteiger partial charge is 0.0594 e. The van der Waals surface area contributed by atoms with E-state index in [-0.39, 0.29) is 12.4 Å². The highest BCUT2D eigenvalue weighted by atomic mass is 35.5. The number of thiol groups is 1. The SMILES string of the molecule is CC1(C)C2CCC1(CS)C(N1CCOCC1)C2.Cl. The lowest BCUT2D eigenvalue weighted by Gasteiger charge is -2.47. The topological polar surface area (TPSA) is 12.5 Å². The van der Waals surface area contributed by atoms with Gasteiger partial charge in [0.2, 0.25) is 0 Å². The number of ether oxygens (including phenoxy) is 1. The largest absolute Gasteiger partial charge is 0.379 e. The van der Waals surface area contributed by atoms with Crippen molar-refractivity contribution in [3.8, 4) is 0 Å². The third-order valence-corrected chi connectivity index (χ3v) is 6.72. The van der Waals surface area contributed by atoms with Crippen molar-refractivity contribution in [1.29, 1.82) is 0 Å². The number of rotatable bonds is 2. The Labute approximate surface area is 123 Å². The van der Waals surface area contributed by atoms with Crippen LogP contribution in [-0.4, -0.2) is 43.0 Å². The molecule has 3 fully saturated rings. The van der Waals surface area contributed by atoms with E-state index in [9.17, 15) is 0 Å². The summed E-state index contributed by atoms with van der Waals surface area (Å²) in [6.07, 6.45) is 4.21. The van der Waals surface area contributed by atoms with Crippen LogP contribution in [-0.2, 0) is 4.74 Å². The Balaban J connectivity index is 0.00000120. The molecule has 0 spiro atoms. The summed E-state index contributed by atoms with van der Waals surface area (Å²) in [6.45, 7) is 9.07. The maximum Gasteiger partial charge on any atom is 0.0594 e. The molecular formula is C14H26ClNOS.